The van der Waals surface area contributed by atoms with Crippen LogP contribution in [0.4, 0.5) is 5.82 Å². The Morgan fingerprint density at radius 3 is 2.93 bits per heavy atom. The van der Waals surface area contributed by atoms with Crippen molar-refractivity contribution in [1.29, 1.82) is 0 Å². The number of nitrogens with zero attached hydrogens (tertiary/aromatic N) is 5. The van der Waals surface area contributed by atoms with Crippen LogP contribution in [-0.4, -0.2) is 44.6 Å². The molecule has 2 aromatic rings. The fraction of sp³-hybridized carbons (Fsp3) is 0.600. The Labute approximate surface area is 181 Å². The number of hydrogen-bond acceptors (Lipinski definition) is 7. The maximum absolute atomic E-state index is 11.6. The zero-order chi connectivity index (χ0) is 21.0. The van der Waals surface area contributed by atoms with Crippen LogP contribution in [0.3, 0.4) is 0 Å². The summed E-state index contributed by atoms with van der Waals surface area (Å²) in [6, 6.07) is 0.128. The number of rotatable bonds is 8. The van der Waals surface area contributed by atoms with Crippen molar-refractivity contribution in [3.63, 3.8) is 0 Å². The van der Waals surface area contributed by atoms with Crippen LogP contribution in [0.2, 0.25) is 5.15 Å². The summed E-state index contributed by atoms with van der Waals surface area (Å²) in [7, 11) is 0. The number of anilines is 1. The Bertz CT molecular complexity index is 857. The molecule has 0 aliphatic carbocycles. The first-order valence-corrected chi connectivity index (χ1v) is 11.4. The second-order valence-electron chi connectivity index (χ2n) is 7.53. The van der Waals surface area contributed by atoms with Gasteiger partial charge in [0.25, 0.3) is 0 Å². The topological polar surface area (TPSA) is 73.1 Å². The van der Waals surface area contributed by atoms with Gasteiger partial charge in [-0.15, -0.1) is 0 Å². The molecule has 0 N–H and O–H groups in total. The summed E-state index contributed by atoms with van der Waals surface area (Å²) in [5.41, 5.74) is 2.05. The predicted octanol–water partition coefficient (Wildman–Crippen LogP) is 4.29. The van der Waals surface area contributed by atoms with Crippen molar-refractivity contribution in [3.8, 4) is 0 Å². The van der Waals surface area contributed by atoms with Gasteiger partial charge in [0.15, 0.2) is 0 Å². The Morgan fingerprint density at radius 2 is 2.21 bits per heavy atom. The van der Waals surface area contributed by atoms with Gasteiger partial charge in [-0.25, -0.2) is 4.98 Å². The maximum Gasteiger partial charge on any atom is 0.316 e. The third kappa shape index (κ3) is 5.22. The van der Waals surface area contributed by atoms with E-state index in [1.807, 2.05) is 11.6 Å². The van der Waals surface area contributed by atoms with Crippen LogP contribution >= 0.6 is 23.4 Å². The van der Waals surface area contributed by atoms with E-state index in [-0.39, 0.29) is 17.8 Å². The van der Waals surface area contributed by atoms with Gasteiger partial charge in [0.2, 0.25) is 0 Å². The van der Waals surface area contributed by atoms with Gasteiger partial charge in [-0.3, -0.25) is 14.5 Å². The molecule has 0 amide bonds. The lowest BCUT2D eigenvalue weighted by molar-refractivity contribution is -0.139. The minimum Gasteiger partial charge on any atom is -0.465 e. The van der Waals surface area contributed by atoms with Crippen LogP contribution in [-0.2, 0) is 16.1 Å². The number of thioether (sulfide) groups is 1. The molecule has 9 heteroatoms. The van der Waals surface area contributed by atoms with Gasteiger partial charge < -0.3 is 9.64 Å². The second-order valence-corrected chi connectivity index (χ2v) is 8.88. The first-order valence-electron chi connectivity index (χ1n) is 10.0. The SMILES string of the molecule is CCOC(=O)CSc1cncc(N2CCCC2c2c(C)nn(CC(C)C)c2Cl)n1. The van der Waals surface area contributed by atoms with Crippen LogP contribution < -0.4 is 4.90 Å². The molecule has 1 aliphatic heterocycles. The molecule has 1 unspecified atom stereocenters. The van der Waals surface area contributed by atoms with E-state index in [1.165, 1.54) is 11.8 Å². The third-order valence-electron chi connectivity index (χ3n) is 4.77. The summed E-state index contributed by atoms with van der Waals surface area (Å²) in [6.07, 6.45) is 5.50. The van der Waals surface area contributed by atoms with Crippen LogP contribution in [0, 0.1) is 12.8 Å². The number of hydrogen-bond donors (Lipinski definition) is 0. The van der Waals surface area contributed by atoms with Gasteiger partial charge in [0, 0.05) is 18.7 Å². The van der Waals surface area contributed by atoms with Crippen LogP contribution in [0.25, 0.3) is 0 Å². The lowest BCUT2D eigenvalue weighted by atomic mass is 10.1. The Hall–Kier alpha value is -1.80. The van der Waals surface area contributed by atoms with Crippen LogP contribution in [0.5, 0.6) is 0 Å². The highest BCUT2D eigenvalue weighted by Gasteiger charge is 2.32. The number of aromatic nitrogens is 4. The van der Waals surface area contributed by atoms with E-state index in [1.54, 1.807) is 19.3 Å². The van der Waals surface area contributed by atoms with E-state index >= 15 is 0 Å². The van der Waals surface area contributed by atoms with Gasteiger partial charge in [-0.2, -0.15) is 5.10 Å². The summed E-state index contributed by atoms with van der Waals surface area (Å²) in [5, 5.41) is 6.10. The molecule has 1 aliphatic rings. The molecular formula is C20H28ClN5O2S. The molecule has 0 radical (unpaired) electrons. The molecule has 3 rings (SSSR count). The van der Waals surface area contributed by atoms with E-state index in [2.05, 4.69) is 28.8 Å². The van der Waals surface area contributed by atoms with Crippen molar-refractivity contribution in [1.82, 2.24) is 19.7 Å². The molecule has 7 nitrogen and oxygen atoms in total. The highest BCUT2D eigenvalue weighted by Crippen LogP contribution is 2.40. The first-order chi connectivity index (χ1) is 13.9. The molecule has 1 fully saturated rings. The van der Waals surface area contributed by atoms with Gasteiger partial charge in [0.1, 0.15) is 16.0 Å². The molecular weight excluding hydrogens is 410 g/mol. The summed E-state index contributed by atoms with van der Waals surface area (Å²) in [4.78, 5) is 22.9. The van der Waals surface area contributed by atoms with Crippen LogP contribution in [0.15, 0.2) is 17.4 Å². The summed E-state index contributed by atoms with van der Waals surface area (Å²) < 4.78 is 6.89. The standard InChI is InChI=1S/C20H28ClN5O2S/c1-5-28-18(27)12-29-17-10-22-9-16(23-17)25-8-6-7-15(25)19-14(4)24-26(20(19)21)11-13(2)3/h9-10,13,15H,5-8,11-12H2,1-4H3. The van der Waals surface area contributed by atoms with Crippen molar-refractivity contribution in [2.24, 2.45) is 5.92 Å². The van der Waals surface area contributed by atoms with E-state index in [4.69, 9.17) is 21.3 Å². The summed E-state index contributed by atoms with van der Waals surface area (Å²) >= 11 is 8.07. The number of ether oxygens (including phenoxy) is 1. The van der Waals surface area contributed by atoms with Gasteiger partial charge >= 0.3 is 5.97 Å². The molecule has 1 atom stereocenters. The molecule has 158 valence electrons. The minimum absolute atomic E-state index is 0.128. The lowest BCUT2D eigenvalue weighted by Gasteiger charge is -2.26. The molecule has 3 heterocycles. The average molecular weight is 438 g/mol. The highest BCUT2D eigenvalue weighted by atomic mass is 35.5. The quantitative estimate of drug-likeness (QED) is 0.450. The third-order valence-corrected chi connectivity index (χ3v) is 6.04. The molecule has 2 aromatic heterocycles. The fourth-order valence-electron chi connectivity index (χ4n) is 3.64. The fourth-order valence-corrected chi connectivity index (χ4v) is 4.65. The largest absolute Gasteiger partial charge is 0.465 e. The zero-order valence-electron chi connectivity index (χ0n) is 17.4. The normalized spacial score (nSPS) is 16.6. The lowest BCUT2D eigenvalue weighted by Crippen LogP contribution is -2.24. The monoisotopic (exact) mass is 437 g/mol. The number of esters is 1. The van der Waals surface area contributed by atoms with Gasteiger partial charge in [-0.1, -0.05) is 37.2 Å². The molecule has 0 spiro atoms. The van der Waals surface area contributed by atoms with Crippen molar-refractivity contribution in [2.75, 3.05) is 23.8 Å². The molecule has 0 bridgehead atoms. The van der Waals surface area contributed by atoms with E-state index in [9.17, 15) is 4.79 Å². The maximum atomic E-state index is 11.6. The Morgan fingerprint density at radius 1 is 1.41 bits per heavy atom. The van der Waals surface area contributed by atoms with Gasteiger partial charge in [-0.05, 0) is 32.6 Å². The predicted molar refractivity (Wildman–Crippen MR) is 116 cm³/mol. The number of carbonyl (C=O) groups excluding carboxylic acids is 1. The second kappa shape index (κ2) is 9.80. The van der Waals surface area contributed by atoms with E-state index in [0.717, 1.165) is 43.0 Å². The number of halogens is 1. The first kappa shape index (κ1) is 21.9. The molecule has 0 aromatic carbocycles. The highest BCUT2D eigenvalue weighted by molar-refractivity contribution is 7.99. The Balaban J connectivity index is 1.80. The van der Waals surface area contributed by atoms with Crippen molar-refractivity contribution in [2.45, 2.75) is 58.1 Å². The van der Waals surface area contributed by atoms with Crippen molar-refractivity contribution < 1.29 is 9.53 Å². The van der Waals surface area contributed by atoms with Crippen molar-refractivity contribution >= 4 is 35.1 Å². The van der Waals surface area contributed by atoms with Crippen LogP contribution in [0.1, 0.15) is 50.9 Å². The average Bonchev–Trinajstić information content (AvgIpc) is 3.25. The van der Waals surface area contributed by atoms with Crippen molar-refractivity contribution in [3.05, 3.63) is 28.8 Å². The zero-order valence-corrected chi connectivity index (χ0v) is 19.0. The van der Waals surface area contributed by atoms with E-state index < -0.39 is 0 Å². The summed E-state index contributed by atoms with van der Waals surface area (Å²) in [5.74, 6) is 1.25. The number of aryl methyl sites for hydroxylation is 1. The molecule has 0 saturated carbocycles. The Kier molecular flexibility index (Phi) is 7.40. The minimum atomic E-state index is -0.247. The molecule has 29 heavy (non-hydrogen) atoms. The smallest absolute Gasteiger partial charge is 0.316 e. The van der Waals surface area contributed by atoms with Gasteiger partial charge in [0.05, 0.1) is 36.5 Å². The van der Waals surface area contributed by atoms with E-state index in [0.29, 0.717) is 22.7 Å². The molecule has 1 saturated heterocycles. The summed E-state index contributed by atoms with van der Waals surface area (Å²) in [6.45, 7) is 10.2. The number of carbonyl (C=O) groups is 1.